The van der Waals surface area contributed by atoms with E-state index in [4.69, 9.17) is 0 Å². The van der Waals surface area contributed by atoms with E-state index in [2.05, 4.69) is 22.2 Å². The van der Waals surface area contributed by atoms with Crippen LogP contribution in [0.15, 0.2) is 48.8 Å². The van der Waals surface area contributed by atoms with E-state index in [0.29, 0.717) is 5.82 Å². The largest absolute Gasteiger partial charge is 0.508 e. The number of anilines is 2. The average molecular weight is 339 g/mol. The number of hydrogen-bond donors (Lipinski definition) is 2. The van der Waals surface area contributed by atoms with Crippen molar-refractivity contribution in [1.82, 2.24) is 9.97 Å². The monoisotopic (exact) mass is 339 g/mol. The summed E-state index contributed by atoms with van der Waals surface area (Å²) < 4.78 is 0. The number of nitrogens with zero attached hydrogens (tertiary/aromatic N) is 2. The van der Waals surface area contributed by atoms with Crippen molar-refractivity contribution >= 4 is 22.4 Å². The van der Waals surface area contributed by atoms with Gasteiger partial charge < -0.3 is 10.4 Å². The molecule has 0 atom stereocenters. The fourth-order valence-electron chi connectivity index (χ4n) is 1.91. The zero-order chi connectivity index (χ0) is 13.2. The summed E-state index contributed by atoms with van der Waals surface area (Å²) >= 11 is 0. The third-order valence-electron chi connectivity index (χ3n) is 2.89. The van der Waals surface area contributed by atoms with Crippen molar-refractivity contribution in [3.63, 3.8) is 0 Å². The number of rotatable bonds is 2. The van der Waals surface area contributed by atoms with Crippen LogP contribution >= 0.6 is 0 Å². The molecule has 2 N–H and O–H groups in total. The molecule has 1 heterocycles. The molecule has 3 aromatic rings. The molecule has 0 saturated carbocycles. The van der Waals surface area contributed by atoms with Crippen molar-refractivity contribution in [1.29, 1.82) is 0 Å². The van der Waals surface area contributed by atoms with Crippen LogP contribution in [0.25, 0.3) is 10.9 Å². The molecule has 0 fully saturated rings. The molecule has 4 nitrogen and oxygen atoms in total. The van der Waals surface area contributed by atoms with Gasteiger partial charge in [-0.3, -0.25) is 0 Å². The van der Waals surface area contributed by atoms with E-state index in [-0.39, 0.29) is 38.5 Å². The topological polar surface area (TPSA) is 58.0 Å². The van der Waals surface area contributed by atoms with Crippen molar-refractivity contribution < 1.29 is 37.8 Å². The first-order valence-electron chi connectivity index (χ1n) is 5.86. The van der Waals surface area contributed by atoms with Gasteiger partial charge in [0.2, 0.25) is 0 Å². The minimum atomic E-state index is 0. The maximum atomic E-state index is 9.58. The number of benzene rings is 2. The zero-order valence-corrected chi connectivity index (χ0v) is 13.6. The van der Waals surface area contributed by atoms with Crippen molar-refractivity contribution in [2.75, 3.05) is 5.32 Å². The summed E-state index contributed by atoms with van der Waals surface area (Å²) in [6.45, 7) is 3.96. The second-order valence-electron chi connectivity index (χ2n) is 4.21. The molecular formula is C15H12N3OY-. The van der Waals surface area contributed by atoms with E-state index in [1.165, 1.54) is 6.33 Å². The number of aromatic hydroxyl groups is 1. The SMILES string of the molecule is [CH2-]c1ccccc1Nc1ncnc2ccc(O)cc12.[Y]. The minimum Gasteiger partial charge on any atom is -0.508 e. The maximum absolute atomic E-state index is 9.58. The molecule has 0 unspecified atom stereocenters. The summed E-state index contributed by atoms with van der Waals surface area (Å²) in [4.78, 5) is 8.39. The van der Waals surface area contributed by atoms with Crippen molar-refractivity contribution in [2.45, 2.75) is 0 Å². The Bertz CT molecular complexity index is 746. The Hall–Kier alpha value is -1.65. The van der Waals surface area contributed by atoms with E-state index in [9.17, 15) is 5.11 Å². The molecular weight excluding hydrogens is 327 g/mol. The summed E-state index contributed by atoms with van der Waals surface area (Å²) in [6.07, 6.45) is 1.49. The van der Waals surface area contributed by atoms with Crippen LogP contribution in [0.1, 0.15) is 5.56 Å². The second kappa shape index (κ2) is 6.20. The molecule has 0 aliphatic heterocycles. The van der Waals surface area contributed by atoms with Crippen LogP contribution in [0.4, 0.5) is 11.5 Å². The molecule has 0 saturated heterocycles. The third kappa shape index (κ3) is 2.92. The summed E-state index contributed by atoms with van der Waals surface area (Å²) in [6, 6.07) is 12.7. The van der Waals surface area contributed by atoms with Gasteiger partial charge in [-0.05, 0) is 18.2 Å². The van der Waals surface area contributed by atoms with E-state index in [1.54, 1.807) is 18.2 Å². The minimum absolute atomic E-state index is 0. The second-order valence-corrected chi connectivity index (χ2v) is 4.21. The quantitative estimate of drug-likeness (QED) is 0.704. The molecule has 5 heteroatoms. The molecule has 0 aliphatic rings. The molecule has 97 valence electrons. The van der Waals surface area contributed by atoms with Crippen LogP contribution < -0.4 is 5.32 Å². The zero-order valence-electron chi connectivity index (χ0n) is 10.7. The molecule has 0 spiro atoms. The summed E-state index contributed by atoms with van der Waals surface area (Å²) in [7, 11) is 0. The van der Waals surface area contributed by atoms with E-state index in [1.807, 2.05) is 24.3 Å². The van der Waals surface area contributed by atoms with Crippen LogP contribution in [0, 0.1) is 6.92 Å². The number of para-hydroxylation sites is 1. The van der Waals surface area contributed by atoms with Gasteiger partial charge in [-0.2, -0.15) is 18.6 Å². The number of hydrogen-bond acceptors (Lipinski definition) is 4. The first-order valence-corrected chi connectivity index (χ1v) is 5.86. The number of aromatic nitrogens is 2. The molecule has 1 radical (unpaired) electrons. The first-order chi connectivity index (χ1) is 9.24. The summed E-state index contributed by atoms with van der Waals surface area (Å²) in [5.41, 5.74) is 2.54. The summed E-state index contributed by atoms with van der Waals surface area (Å²) in [5.74, 6) is 0.838. The van der Waals surface area contributed by atoms with Crippen LogP contribution in [0.3, 0.4) is 0 Å². The molecule has 2 aromatic carbocycles. The van der Waals surface area contributed by atoms with Gasteiger partial charge in [-0.1, -0.05) is 17.8 Å². The molecule has 3 rings (SSSR count). The Balaban J connectivity index is 0.00000147. The molecule has 0 bridgehead atoms. The Labute approximate surface area is 142 Å². The number of nitrogens with one attached hydrogen (secondary N) is 1. The standard InChI is InChI=1S/C15H12N3O.Y/c1-10-4-2-3-5-13(10)18-15-12-8-11(19)6-7-14(12)16-9-17-15;/h2-9,19H,1H2,(H,16,17,18);/q-1;. The van der Waals surface area contributed by atoms with Crippen LogP contribution in [-0.4, -0.2) is 15.1 Å². The van der Waals surface area contributed by atoms with Gasteiger partial charge in [0, 0.05) is 38.1 Å². The third-order valence-corrected chi connectivity index (χ3v) is 2.89. The van der Waals surface area contributed by atoms with Crippen molar-refractivity contribution in [3.8, 4) is 5.75 Å². The van der Waals surface area contributed by atoms with E-state index in [0.717, 1.165) is 22.2 Å². The number of phenolic OH excluding ortho intramolecular Hbond substituents is 1. The smallest absolute Gasteiger partial charge is 0.130 e. The Morgan fingerprint density at radius 2 is 1.85 bits per heavy atom. The Kier molecular flexibility index (Phi) is 4.58. The number of phenols is 1. The number of fused-ring (bicyclic) bond motifs is 1. The van der Waals surface area contributed by atoms with Crippen LogP contribution in [0.2, 0.25) is 0 Å². The maximum Gasteiger partial charge on any atom is 0.130 e. The Morgan fingerprint density at radius 1 is 1.05 bits per heavy atom. The fourth-order valence-corrected chi connectivity index (χ4v) is 1.91. The fraction of sp³-hybridized carbons (Fsp3) is 0. The van der Waals surface area contributed by atoms with Crippen LogP contribution in [0.5, 0.6) is 5.75 Å². The molecule has 0 aliphatic carbocycles. The molecule has 0 amide bonds. The predicted octanol–water partition coefficient (Wildman–Crippen LogP) is 3.26. The average Bonchev–Trinajstić information content (AvgIpc) is 2.42. The van der Waals surface area contributed by atoms with Gasteiger partial charge in [0.15, 0.2) is 0 Å². The Morgan fingerprint density at radius 3 is 2.65 bits per heavy atom. The molecule has 1 aromatic heterocycles. The van der Waals surface area contributed by atoms with Crippen molar-refractivity contribution in [2.24, 2.45) is 0 Å². The van der Waals surface area contributed by atoms with Gasteiger partial charge >= 0.3 is 0 Å². The molecule has 20 heavy (non-hydrogen) atoms. The van der Waals surface area contributed by atoms with Gasteiger partial charge in [0.25, 0.3) is 0 Å². The van der Waals surface area contributed by atoms with Gasteiger partial charge in [0.05, 0.1) is 5.52 Å². The van der Waals surface area contributed by atoms with E-state index < -0.39 is 0 Å². The van der Waals surface area contributed by atoms with E-state index >= 15 is 0 Å². The predicted molar refractivity (Wildman–Crippen MR) is 75.4 cm³/mol. The summed E-state index contributed by atoms with van der Waals surface area (Å²) in [5, 5.41) is 13.6. The first kappa shape index (κ1) is 14.8. The van der Waals surface area contributed by atoms with Gasteiger partial charge in [-0.25, -0.2) is 9.97 Å². The van der Waals surface area contributed by atoms with Crippen LogP contribution in [-0.2, 0) is 32.7 Å². The van der Waals surface area contributed by atoms with Gasteiger partial charge in [-0.15, -0.1) is 6.07 Å². The van der Waals surface area contributed by atoms with Crippen molar-refractivity contribution in [3.05, 3.63) is 61.3 Å². The normalized spacial score (nSPS) is 10.0. The van der Waals surface area contributed by atoms with Gasteiger partial charge in [0.1, 0.15) is 17.9 Å².